The first kappa shape index (κ1) is 10.1. The standard InChI is InChI=1S/C7H6ClF3N2/c1-12-6-2-5(8)4(3-13-6)7(9,10)11/h2-3H,1H3,(H,12,13). The van der Waals surface area contributed by atoms with Gasteiger partial charge in [-0.25, -0.2) is 4.98 Å². The van der Waals surface area contributed by atoms with Crippen LogP contribution in [0.5, 0.6) is 0 Å². The Kier molecular flexibility index (Phi) is 2.66. The molecular weight excluding hydrogens is 205 g/mol. The van der Waals surface area contributed by atoms with Crippen LogP contribution in [0.3, 0.4) is 0 Å². The summed E-state index contributed by atoms with van der Waals surface area (Å²) in [4.78, 5) is 3.51. The number of hydrogen-bond acceptors (Lipinski definition) is 2. The van der Waals surface area contributed by atoms with Crippen molar-refractivity contribution in [3.05, 3.63) is 22.8 Å². The molecule has 13 heavy (non-hydrogen) atoms. The van der Waals surface area contributed by atoms with Crippen LogP contribution in [0.15, 0.2) is 12.3 Å². The van der Waals surface area contributed by atoms with Gasteiger partial charge in [0.2, 0.25) is 0 Å². The molecule has 1 aromatic rings. The highest BCUT2D eigenvalue weighted by Gasteiger charge is 2.33. The van der Waals surface area contributed by atoms with E-state index in [1.54, 1.807) is 7.05 Å². The van der Waals surface area contributed by atoms with Gasteiger partial charge < -0.3 is 5.32 Å². The second-order valence-corrected chi connectivity index (χ2v) is 2.70. The zero-order valence-corrected chi connectivity index (χ0v) is 7.37. The van der Waals surface area contributed by atoms with Crippen molar-refractivity contribution in [1.29, 1.82) is 0 Å². The average molecular weight is 211 g/mol. The van der Waals surface area contributed by atoms with Crippen LogP contribution in [0.4, 0.5) is 19.0 Å². The molecule has 0 spiro atoms. The second kappa shape index (κ2) is 3.41. The van der Waals surface area contributed by atoms with Crippen LogP contribution >= 0.6 is 11.6 Å². The molecule has 0 saturated carbocycles. The number of halogens is 4. The van der Waals surface area contributed by atoms with E-state index >= 15 is 0 Å². The molecule has 2 nitrogen and oxygen atoms in total. The topological polar surface area (TPSA) is 24.9 Å². The maximum Gasteiger partial charge on any atom is 0.419 e. The summed E-state index contributed by atoms with van der Waals surface area (Å²) in [6.07, 6.45) is -3.75. The van der Waals surface area contributed by atoms with Gasteiger partial charge in [0.05, 0.1) is 10.6 Å². The Bertz CT molecular complexity index is 311. The molecule has 0 amide bonds. The summed E-state index contributed by atoms with van der Waals surface area (Å²) in [5, 5.41) is 2.23. The highest BCUT2D eigenvalue weighted by atomic mass is 35.5. The predicted octanol–water partition coefficient (Wildman–Crippen LogP) is 2.80. The summed E-state index contributed by atoms with van der Waals surface area (Å²) >= 11 is 5.39. The molecule has 0 fully saturated rings. The smallest absolute Gasteiger partial charge is 0.373 e. The number of rotatable bonds is 1. The predicted molar refractivity (Wildman–Crippen MR) is 43.8 cm³/mol. The van der Waals surface area contributed by atoms with E-state index in [-0.39, 0.29) is 5.02 Å². The minimum atomic E-state index is -4.45. The lowest BCUT2D eigenvalue weighted by atomic mass is 10.3. The number of nitrogens with zero attached hydrogens (tertiary/aromatic N) is 1. The summed E-state index contributed by atoms with van der Waals surface area (Å²) < 4.78 is 36.4. The van der Waals surface area contributed by atoms with E-state index in [0.717, 1.165) is 6.07 Å². The first-order valence-electron chi connectivity index (χ1n) is 3.35. The lowest BCUT2D eigenvalue weighted by molar-refractivity contribution is -0.137. The largest absolute Gasteiger partial charge is 0.419 e. The molecule has 1 aromatic heterocycles. The molecule has 0 aliphatic rings. The highest BCUT2D eigenvalue weighted by molar-refractivity contribution is 6.31. The molecule has 0 aromatic carbocycles. The van der Waals surface area contributed by atoms with Crippen LogP contribution < -0.4 is 5.32 Å². The van der Waals surface area contributed by atoms with E-state index < -0.39 is 11.7 Å². The van der Waals surface area contributed by atoms with Gasteiger partial charge in [-0.3, -0.25) is 0 Å². The van der Waals surface area contributed by atoms with Gasteiger partial charge in [0.25, 0.3) is 0 Å². The summed E-state index contributed by atoms with van der Waals surface area (Å²) in [5.74, 6) is 0.304. The van der Waals surface area contributed by atoms with Crippen molar-refractivity contribution in [3.63, 3.8) is 0 Å². The number of nitrogens with one attached hydrogen (secondary N) is 1. The van der Waals surface area contributed by atoms with E-state index in [0.29, 0.717) is 12.0 Å². The number of aromatic nitrogens is 1. The lowest BCUT2D eigenvalue weighted by Crippen LogP contribution is -2.07. The van der Waals surface area contributed by atoms with Gasteiger partial charge in [0.15, 0.2) is 0 Å². The Labute approximate surface area is 77.7 Å². The molecular formula is C7H6ClF3N2. The van der Waals surface area contributed by atoms with E-state index in [9.17, 15) is 13.2 Å². The summed E-state index contributed by atoms with van der Waals surface area (Å²) in [6, 6.07) is 1.13. The molecule has 0 saturated heterocycles. The fourth-order valence-corrected chi connectivity index (χ4v) is 1.04. The lowest BCUT2D eigenvalue weighted by Gasteiger charge is -2.08. The Morgan fingerprint density at radius 3 is 2.46 bits per heavy atom. The van der Waals surface area contributed by atoms with Crippen LogP contribution in [0.25, 0.3) is 0 Å². The number of alkyl halides is 3. The zero-order chi connectivity index (χ0) is 10.1. The SMILES string of the molecule is CNc1cc(Cl)c(C(F)(F)F)cn1. The molecule has 6 heteroatoms. The average Bonchev–Trinajstić information content (AvgIpc) is 2.01. The Morgan fingerprint density at radius 2 is 2.08 bits per heavy atom. The van der Waals surface area contributed by atoms with Crippen molar-refractivity contribution in [1.82, 2.24) is 4.98 Å². The van der Waals surface area contributed by atoms with Crippen molar-refractivity contribution in [2.45, 2.75) is 6.18 Å². The quantitative estimate of drug-likeness (QED) is 0.771. The molecule has 0 aliphatic heterocycles. The highest BCUT2D eigenvalue weighted by Crippen LogP contribution is 2.34. The van der Waals surface area contributed by atoms with Gasteiger partial charge >= 0.3 is 6.18 Å². The minimum Gasteiger partial charge on any atom is -0.373 e. The first-order valence-corrected chi connectivity index (χ1v) is 3.73. The van der Waals surface area contributed by atoms with Crippen LogP contribution in [-0.2, 0) is 6.18 Å². The van der Waals surface area contributed by atoms with Gasteiger partial charge in [0, 0.05) is 13.2 Å². The molecule has 1 heterocycles. The minimum absolute atomic E-state index is 0.304. The van der Waals surface area contributed by atoms with Crippen LogP contribution in [0.2, 0.25) is 5.02 Å². The van der Waals surface area contributed by atoms with Crippen molar-refractivity contribution < 1.29 is 13.2 Å². The summed E-state index contributed by atoms with van der Waals surface area (Å²) in [5.41, 5.74) is -0.923. The third kappa shape index (κ3) is 2.24. The van der Waals surface area contributed by atoms with Crippen molar-refractivity contribution in [2.75, 3.05) is 12.4 Å². The number of anilines is 1. The number of hydrogen-bond donors (Lipinski definition) is 1. The maximum atomic E-state index is 12.1. The molecule has 72 valence electrons. The molecule has 0 bridgehead atoms. The van der Waals surface area contributed by atoms with Crippen LogP contribution in [-0.4, -0.2) is 12.0 Å². The van der Waals surface area contributed by atoms with Gasteiger partial charge in [0.1, 0.15) is 5.82 Å². The third-order valence-electron chi connectivity index (χ3n) is 1.42. The molecule has 0 aliphatic carbocycles. The maximum absolute atomic E-state index is 12.1. The van der Waals surface area contributed by atoms with Crippen LogP contribution in [0, 0.1) is 0 Å². The van der Waals surface area contributed by atoms with E-state index in [1.165, 1.54) is 0 Å². The number of pyridine rings is 1. The van der Waals surface area contributed by atoms with Crippen LogP contribution in [0.1, 0.15) is 5.56 Å². The van der Waals surface area contributed by atoms with E-state index in [2.05, 4.69) is 10.3 Å². The first-order chi connectivity index (χ1) is 5.95. The molecule has 0 radical (unpaired) electrons. The molecule has 1 N–H and O–H groups in total. The van der Waals surface area contributed by atoms with Crippen molar-refractivity contribution in [2.24, 2.45) is 0 Å². The normalized spacial score (nSPS) is 11.5. The van der Waals surface area contributed by atoms with Gasteiger partial charge in [-0.05, 0) is 6.07 Å². The Hall–Kier alpha value is -0.970. The fourth-order valence-electron chi connectivity index (χ4n) is 0.776. The van der Waals surface area contributed by atoms with Gasteiger partial charge in [-0.1, -0.05) is 11.6 Å². The van der Waals surface area contributed by atoms with Crippen molar-refractivity contribution in [3.8, 4) is 0 Å². The van der Waals surface area contributed by atoms with Crippen molar-refractivity contribution >= 4 is 17.4 Å². The monoisotopic (exact) mass is 210 g/mol. The molecule has 1 rings (SSSR count). The van der Waals surface area contributed by atoms with E-state index in [1.807, 2.05) is 0 Å². The summed E-state index contributed by atoms with van der Waals surface area (Å²) in [6.45, 7) is 0. The zero-order valence-electron chi connectivity index (χ0n) is 6.61. The molecule has 0 atom stereocenters. The van der Waals surface area contributed by atoms with Gasteiger partial charge in [-0.15, -0.1) is 0 Å². The second-order valence-electron chi connectivity index (χ2n) is 2.30. The Morgan fingerprint density at radius 1 is 1.46 bits per heavy atom. The Balaban J connectivity index is 3.13. The summed E-state index contributed by atoms with van der Waals surface area (Å²) in [7, 11) is 1.55. The third-order valence-corrected chi connectivity index (χ3v) is 1.73. The molecule has 0 unspecified atom stereocenters. The van der Waals surface area contributed by atoms with E-state index in [4.69, 9.17) is 11.6 Å². The van der Waals surface area contributed by atoms with Gasteiger partial charge in [-0.2, -0.15) is 13.2 Å². The fraction of sp³-hybridized carbons (Fsp3) is 0.286.